The second-order valence-corrected chi connectivity index (χ2v) is 8.67. The number of nitrogen functional groups attached to an aromatic ring is 1. The molecule has 2 heterocycles. The highest BCUT2D eigenvalue weighted by atomic mass is 35.5. The molecule has 0 aliphatic carbocycles. The van der Waals surface area contributed by atoms with Gasteiger partial charge in [0.15, 0.2) is 11.5 Å². The molecule has 204 valence electrons. The van der Waals surface area contributed by atoms with Crippen molar-refractivity contribution in [1.29, 1.82) is 0 Å². The summed E-state index contributed by atoms with van der Waals surface area (Å²) in [4.78, 5) is 46.7. The summed E-state index contributed by atoms with van der Waals surface area (Å²) in [6, 6.07) is 4.80. The van der Waals surface area contributed by atoms with E-state index in [1.165, 1.54) is 24.3 Å². The summed E-state index contributed by atoms with van der Waals surface area (Å²) in [5, 5.41) is 39.1. The van der Waals surface area contributed by atoms with Gasteiger partial charge in [0.1, 0.15) is 17.7 Å². The molecule has 3 atom stereocenters. The van der Waals surface area contributed by atoms with Gasteiger partial charge in [0, 0.05) is 13.5 Å². The van der Waals surface area contributed by atoms with Gasteiger partial charge in [-0.25, -0.2) is 23.8 Å². The van der Waals surface area contributed by atoms with Crippen molar-refractivity contribution >= 4 is 46.5 Å². The molecular formula is C22H23ClFN5O9. The fraction of sp³-hybridized carbons (Fsp3) is 0.364. The Kier molecular flexibility index (Phi) is 8.16. The third-order valence-electron chi connectivity index (χ3n) is 5.90. The molecule has 14 nitrogen and oxygen atoms in total. The van der Waals surface area contributed by atoms with Crippen LogP contribution >= 0.6 is 11.6 Å². The van der Waals surface area contributed by atoms with Crippen LogP contribution in [0.5, 0.6) is 0 Å². The molecule has 0 fully saturated rings. The summed E-state index contributed by atoms with van der Waals surface area (Å²) in [6.45, 7) is 0.0656. The number of halogens is 2. The van der Waals surface area contributed by atoms with E-state index >= 15 is 4.39 Å². The van der Waals surface area contributed by atoms with E-state index in [0.717, 1.165) is 24.9 Å². The molecule has 0 bridgehead atoms. The van der Waals surface area contributed by atoms with Gasteiger partial charge in [-0.15, -0.1) is 0 Å². The SMILES string of the molecule is CO[C@H](COC(Cc1ccc(C(=O)O)cc1)(C(=O)O)C(=O)O)[C@@H](O)[C@@](C)(F)n1cnc2c(N)nc(Cl)nc21. The maximum absolute atomic E-state index is 16.0. The fourth-order valence-electron chi connectivity index (χ4n) is 3.68. The predicted octanol–water partition coefficient (Wildman–Crippen LogP) is 0.945. The number of nitrogens with zero attached hydrogens (tertiary/aromatic N) is 4. The molecule has 0 amide bonds. The van der Waals surface area contributed by atoms with Gasteiger partial charge in [-0.1, -0.05) is 12.1 Å². The zero-order valence-corrected chi connectivity index (χ0v) is 20.7. The van der Waals surface area contributed by atoms with Crippen molar-refractivity contribution in [3.05, 3.63) is 47.0 Å². The minimum Gasteiger partial charge on any atom is -0.479 e. The molecule has 6 N–H and O–H groups in total. The topological polar surface area (TPSA) is 220 Å². The lowest BCUT2D eigenvalue weighted by Gasteiger charge is -2.34. The average Bonchev–Trinajstić information content (AvgIpc) is 3.28. The number of hydrogen-bond donors (Lipinski definition) is 5. The first-order chi connectivity index (χ1) is 17.7. The van der Waals surface area contributed by atoms with Crippen LogP contribution in [0.1, 0.15) is 22.8 Å². The van der Waals surface area contributed by atoms with Gasteiger partial charge >= 0.3 is 17.9 Å². The molecule has 0 saturated heterocycles. The van der Waals surface area contributed by atoms with Gasteiger partial charge in [0.2, 0.25) is 11.1 Å². The van der Waals surface area contributed by atoms with E-state index in [1.807, 2.05) is 0 Å². The first kappa shape index (κ1) is 28.6. The number of imidazole rings is 1. The van der Waals surface area contributed by atoms with E-state index in [-0.39, 0.29) is 33.4 Å². The first-order valence-electron chi connectivity index (χ1n) is 10.7. The molecule has 38 heavy (non-hydrogen) atoms. The zero-order valence-electron chi connectivity index (χ0n) is 19.9. The standard InChI is InChI=1S/C22H23ClFN5O9/c1-21(24,29-9-26-13-15(25)27-20(23)28-16(13)29)14(30)12(37-2)8-38-22(18(33)34,19(35)36)7-10-3-5-11(6-4-10)17(31)32/h3-6,9,12,14,30H,7-8H2,1-2H3,(H,31,32)(H,33,34)(H,35,36)(H2,25,27,28)/t12-,14-,21+/m1/s1. The maximum atomic E-state index is 16.0. The summed E-state index contributed by atoms with van der Waals surface area (Å²) in [5.41, 5.74) is 2.72. The van der Waals surface area contributed by atoms with Crippen molar-refractivity contribution in [3.8, 4) is 0 Å². The largest absolute Gasteiger partial charge is 0.479 e. The number of anilines is 1. The first-order valence-corrected chi connectivity index (χ1v) is 11.1. The van der Waals surface area contributed by atoms with Gasteiger partial charge < -0.3 is 35.6 Å². The van der Waals surface area contributed by atoms with E-state index in [9.17, 15) is 29.7 Å². The lowest BCUT2D eigenvalue weighted by Crippen LogP contribution is -2.54. The number of carboxylic acids is 3. The van der Waals surface area contributed by atoms with Gasteiger partial charge in [-0.2, -0.15) is 9.97 Å². The quantitative estimate of drug-likeness (QED) is 0.155. The van der Waals surface area contributed by atoms with E-state index in [1.54, 1.807) is 0 Å². The molecule has 3 aromatic rings. The van der Waals surface area contributed by atoms with Crippen LogP contribution in [0.15, 0.2) is 30.6 Å². The summed E-state index contributed by atoms with van der Waals surface area (Å²) >= 11 is 5.81. The lowest BCUT2D eigenvalue weighted by atomic mass is 9.93. The van der Waals surface area contributed by atoms with Crippen molar-refractivity contribution < 1.29 is 48.7 Å². The third-order valence-corrected chi connectivity index (χ3v) is 6.07. The monoisotopic (exact) mass is 555 g/mol. The van der Waals surface area contributed by atoms with Crippen molar-refractivity contribution in [2.75, 3.05) is 19.5 Å². The van der Waals surface area contributed by atoms with E-state index in [4.69, 9.17) is 31.9 Å². The number of aliphatic hydroxyl groups excluding tert-OH is 1. The molecule has 0 saturated carbocycles. The molecule has 2 aromatic heterocycles. The van der Waals surface area contributed by atoms with E-state index in [2.05, 4.69) is 15.0 Å². The van der Waals surface area contributed by atoms with Gasteiger partial charge in [-0.05, 0) is 36.2 Å². The molecule has 0 spiro atoms. The number of methoxy groups -OCH3 is 1. The Morgan fingerprint density at radius 1 is 1.16 bits per heavy atom. The van der Waals surface area contributed by atoms with Crippen LogP contribution in [0.2, 0.25) is 5.28 Å². The number of ether oxygens (including phenoxy) is 2. The zero-order chi connectivity index (χ0) is 28.4. The second kappa shape index (κ2) is 10.8. The van der Waals surface area contributed by atoms with Crippen molar-refractivity contribution in [2.45, 2.75) is 36.9 Å². The summed E-state index contributed by atoms with van der Waals surface area (Å²) in [6.07, 6.45) is -3.40. The van der Waals surface area contributed by atoms with E-state index in [0.29, 0.717) is 0 Å². The minimum atomic E-state index is -2.88. The number of carboxylic acid groups (broad SMARTS) is 3. The fourth-order valence-corrected chi connectivity index (χ4v) is 3.85. The number of benzene rings is 1. The summed E-state index contributed by atoms with van der Waals surface area (Å²) in [5.74, 6) is -7.86. The Labute approximate surface area is 218 Å². The Morgan fingerprint density at radius 2 is 1.76 bits per heavy atom. The van der Waals surface area contributed by atoms with Gasteiger partial charge in [-0.3, -0.25) is 4.57 Å². The van der Waals surface area contributed by atoms with Gasteiger partial charge in [0.25, 0.3) is 5.60 Å². The molecule has 16 heteroatoms. The maximum Gasteiger partial charge on any atom is 0.348 e. The molecule has 0 aliphatic heterocycles. The van der Waals surface area contributed by atoms with Crippen LogP contribution in [0.3, 0.4) is 0 Å². The molecular weight excluding hydrogens is 533 g/mol. The normalized spacial score (nSPS) is 15.1. The van der Waals surface area contributed by atoms with Crippen molar-refractivity contribution in [3.63, 3.8) is 0 Å². The Morgan fingerprint density at radius 3 is 2.29 bits per heavy atom. The third kappa shape index (κ3) is 5.35. The van der Waals surface area contributed by atoms with Crippen LogP contribution in [0, 0.1) is 0 Å². The van der Waals surface area contributed by atoms with Crippen molar-refractivity contribution in [2.24, 2.45) is 0 Å². The molecule has 0 aliphatic rings. The summed E-state index contributed by atoms with van der Waals surface area (Å²) in [7, 11) is 1.07. The van der Waals surface area contributed by atoms with E-state index < -0.39 is 54.5 Å². The van der Waals surface area contributed by atoms with Crippen molar-refractivity contribution in [1.82, 2.24) is 19.5 Å². The number of aliphatic carboxylic acids is 2. The highest BCUT2D eigenvalue weighted by molar-refractivity contribution is 6.28. The number of nitrogens with two attached hydrogens (primary N) is 1. The van der Waals surface area contributed by atoms with Gasteiger partial charge in [0.05, 0.1) is 18.5 Å². The number of fused-ring (bicyclic) bond motifs is 1. The molecule has 3 rings (SSSR count). The predicted molar refractivity (Wildman–Crippen MR) is 127 cm³/mol. The molecule has 0 radical (unpaired) electrons. The van der Waals surface area contributed by atoms with Crippen LogP contribution in [0.4, 0.5) is 10.2 Å². The smallest absolute Gasteiger partial charge is 0.348 e. The second-order valence-electron chi connectivity index (χ2n) is 8.33. The molecule has 1 aromatic carbocycles. The minimum absolute atomic E-state index is 0.000352. The van der Waals surface area contributed by atoms with Crippen LogP contribution < -0.4 is 5.73 Å². The Bertz CT molecular complexity index is 1350. The Hall–Kier alpha value is -3.92. The highest BCUT2D eigenvalue weighted by Crippen LogP contribution is 2.32. The summed E-state index contributed by atoms with van der Waals surface area (Å²) < 4.78 is 27.2. The Balaban J connectivity index is 1.89. The number of aliphatic hydroxyl groups is 1. The average molecular weight is 556 g/mol. The number of carbonyl (C=O) groups is 3. The number of hydrogen-bond acceptors (Lipinski definition) is 10. The highest BCUT2D eigenvalue weighted by Gasteiger charge is 2.50. The number of aromatic carboxylic acids is 1. The van der Waals surface area contributed by atoms with Crippen LogP contribution in [-0.2, 0) is 31.3 Å². The molecule has 0 unspecified atom stereocenters. The lowest BCUT2D eigenvalue weighted by molar-refractivity contribution is -0.196. The number of aromatic nitrogens is 4. The number of alkyl halides is 1. The number of rotatable bonds is 12. The van der Waals surface area contributed by atoms with Crippen LogP contribution in [0.25, 0.3) is 11.2 Å². The van der Waals surface area contributed by atoms with Crippen LogP contribution in [-0.4, -0.2) is 89.4 Å².